The van der Waals surface area contributed by atoms with Crippen molar-refractivity contribution in [2.24, 2.45) is 0 Å². The molecule has 11 heavy (non-hydrogen) atoms. The maximum atomic E-state index is 11.3. The summed E-state index contributed by atoms with van der Waals surface area (Å²) in [6, 6.07) is -2.68. The van der Waals surface area contributed by atoms with E-state index in [1.807, 2.05) is 0 Å². The monoisotopic (exact) mass is 194 g/mol. The Morgan fingerprint density at radius 2 is 1.00 bits per heavy atom. The van der Waals surface area contributed by atoms with E-state index >= 15 is 0 Å². The van der Waals surface area contributed by atoms with E-state index in [0.717, 1.165) is 0 Å². The van der Waals surface area contributed by atoms with Crippen LogP contribution in [0.5, 0.6) is 0 Å². The summed E-state index contributed by atoms with van der Waals surface area (Å²) in [6.07, 6.45) is -8.94. The SMILES string of the molecule is FC(F)(F)C[Si]CC(F)(F)F. The fraction of sp³-hybridized carbons (Fsp3) is 1.00. The summed E-state index contributed by atoms with van der Waals surface area (Å²) in [5.41, 5.74) is 0. The number of rotatable bonds is 2. The van der Waals surface area contributed by atoms with Crippen molar-refractivity contribution in [2.45, 2.75) is 24.4 Å². The Bertz CT molecular complexity index is 98.7. The van der Waals surface area contributed by atoms with Gasteiger partial charge in [0.2, 0.25) is 0 Å². The highest BCUT2D eigenvalue weighted by atomic mass is 28.2. The molecule has 0 amide bonds. The molecule has 0 rings (SSSR count). The zero-order valence-corrected chi connectivity index (χ0v) is 6.18. The van der Waals surface area contributed by atoms with Gasteiger partial charge in [0.1, 0.15) is 0 Å². The standard InChI is InChI=1S/C4H4F6Si/c5-3(6,7)1-11-2-4(8,9)10/h1-2H2. The average Bonchev–Trinajstić information content (AvgIpc) is 1.55. The average molecular weight is 194 g/mol. The van der Waals surface area contributed by atoms with Crippen molar-refractivity contribution in [2.75, 3.05) is 0 Å². The zero-order valence-electron chi connectivity index (χ0n) is 5.18. The quantitative estimate of drug-likeness (QED) is 0.468. The second-order valence-electron chi connectivity index (χ2n) is 1.83. The molecule has 0 aliphatic carbocycles. The highest BCUT2D eigenvalue weighted by molar-refractivity contribution is 6.35. The topological polar surface area (TPSA) is 0 Å². The van der Waals surface area contributed by atoms with Gasteiger partial charge in [0.05, 0.1) is 9.52 Å². The minimum atomic E-state index is -4.47. The molecule has 0 fully saturated rings. The summed E-state index contributed by atoms with van der Waals surface area (Å²) in [6.45, 7) is 0. The van der Waals surface area contributed by atoms with Gasteiger partial charge in [0.25, 0.3) is 0 Å². The van der Waals surface area contributed by atoms with Crippen LogP contribution in [0.4, 0.5) is 26.3 Å². The Hall–Kier alpha value is -0.203. The smallest absolute Gasteiger partial charge is 0.172 e. The number of halogens is 6. The minimum Gasteiger partial charge on any atom is -0.172 e. The summed E-state index contributed by atoms with van der Waals surface area (Å²) in [5.74, 6) is 0. The van der Waals surface area contributed by atoms with Gasteiger partial charge < -0.3 is 0 Å². The van der Waals surface area contributed by atoms with E-state index in [0.29, 0.717) is 0 Å². The molecule has 0 bridgehead atoms. The van der Waals surface area contributed by atoms with Crippen LogP contribution >= 0.6 is 0 Å². The van der Waals surface area contributed by atoms with E-state index in [-0.39, 0.29) is 0 Å². The Morgan fingerprint density at radius 3 is 1.18 bits per heavy atom. The molecule has 7 heteroatoms. The van der Waals surface area contributed by atoms with E-state index in [1.54, 1.807) is 0 Å². The van der Waals surface area contributed by atoms with Crippen LogP contribution in [0.25, 0.3) is 0 Å². The van der Waals surface area contributed by atoms with E-state index in [4.69, 9.17) is 0 Å². The molecule has 0 spiro atoms. The van der Waals surface area contributed by atoms with Crippen molar-refractivity contribution in [3.8, 4) is 0 Å². The molecule has 0 N–H and O–H groups in total. The Balaban J connectivity index is 3.44. The van der Waals surface area contributed by atoms with Crippen molar-refractivity contribution >= 4 is 9.52 Å². The van der Waals surface area contributed by atoms with Crippen LogP contribution in [-0.4, -0.2) is 21.9 Å². The first kappa shape index (κ1) is 10.8. The predicted molar refractivity (Wildman–Crippen MR) is 27.5 cm³/mol. The largest absolute Gasteiger partial charge is 0.386 e. The van der Waals surface area contributed by atoms with Crippen LogP contribution < -0.4 is 0 Å². The first-order valence-corrected chi connectivity index (χ1v) is 3.96. The van der Waals surface area contributed by atoms with Gasteiger partial charge in [-0.1, -0.05) is 0 Å². The molecule has 0 aliphatic rings. The van der Waals surface area contributed by atoms with Crippen molar-refractivity contribution in [1.82, 2.24) is 0 Å². The van der Waals surface area contributed by atoms with E-state index in [1.165, 1.54) is 0 Å². The van der Waals surface area contributed by atoms with Gasteiger partial charge in [0, 0.05) is 12.1 Å². The van der Waals surface area contributed by atoms with Crippen molar-refractivity contribution in [3.63, 3.8) is 0 Å². The number of alkyl halides is 6. The molecule has 0 nitrogen and oxygen atoms in total. The van der Waals surface area contributed by atoms with E-state index in [2.05, 4.69) is 0 Å². The van der Waals surface area contributed by atoms with Gasteiger partial charge >= 0.3 is 12.4 Å². The molecule has 0 unspecified atom stereocenters. The van der Waals surface area contributed by atoms with Gasteiger partial charge in [-0.3, -0.25) is 0 Å². The van der Waals surface area contributed by atoms with Crippen molar-refractivity contribution in [1.29, 1.82) is 0 Å². The van der Waals surface area contributed by atoms with Gasteiger partial charge in [-0.15, -0.1) is 0 Å². The molecule has 0 aliphatic heterocycles. The van der Waals surface area contributed by atoms with Crippen molar-refractivity contribution < 1.29 is 26.3 Å². The number of hydrogen-bond donors (Lipinski definition) is 0. The maximum Gasteiger partial charge on any atom is 0.386 e. The van der Waals surface area contributed by atoms with Crippen LogP contribution in [-0.2, 0) is 0 Å². The molecule has 2 radical (unpaired) electrons. The molecule has 0 aromatic rings. The maximum absolute atomic E-state index is 11.3. The van der Waals surface area contributed by atoms with Crippen LogP contribution in [0.3, 0.4) is 0 Å². The van der Waals surface area contributed by atoms with Crippen LogP contribution in [0, 0.1) is 0 Å². The zero-order chi connectivity index (χ0) is 9.12. The molecule has 0 aromatic carbocycles. The molecule has 0 saturated carbocycles. The van der Waals surface area contributed by atoms with Gasteiger partial charge in [-0.05, 0) is 0 Å². The highest BCUT2D eigenvalue weighted by Crippen LogP contribution is 2.25. The van der Waals surface area contributed by atoms with E-state index in [9.17, 15) is 26.3 Å². The van der Waals surface area contributed by atoms with Crippen molar-refractivity contribution in [3.05, 3.63) is 0 Å². The fourth-order valence-electron chi connectivity index (χ4n) is 0.346. The van der Waals surface area contributed by atoms with Crippen LogP contribution in [0.1, 0.15) is 0 Å². The fourth-order valence-corrected chi connectivity index (χ4v) is 1.04. The number of hydrogen-bond acceptors (Lipinski definition) is 0. The summed E-state index contributed by atoms with van der Waals surface area (Å²) < 4.78 is 67.6. The summed E-state index contributed by atoms with van der Waals surface area (Å²) >= 11 is 0. The molecular weight excluding hydrogens is 190 g/mol. The summed E-state index contributed by atoms with van der Waals surface area (Å²) in [5, 5.41) is 0. The van der Waals surface area contributed by atoms with Crippen LogP contribution in [0.15, 0.2) is 0 Å². The predicted octanol–water partition coefficient (Wildman–Crippen LogP) is 2.65. The molecule has 0 aromatic heterocycles. The molecular formula is C4H4F6Si. The lowest BCUT2D eigenvalue weighted by molar-refractivity contribution is -0.116. The van der Waals surface area contributed by atoms with Crippen LogP contribution in [0.2, 0.25) is 12.1 Å². The molecule has 66 valence electrons. The molecule has 0 saturated heterocycles. The lowest BCUT2D eigenvalue weighted by Gasteiger charge is -2.06. The third-order valence-corrected chi connectivity index (χ3v) is 1.95. The lowest BCUT2D eigenvalue weighted by atomic mass is 10.8. The Kier molecular flexibility index (Phi) is 3.40. The third-order valence-electron chi connectivity index (χ3n) is 0.651. The van der Waals surface area contributed by atoms with Gasteiger partial charge in [0.15, 0.2) is 0 Å². The second kappa shape index (κ2) is 3.46. The summed E-state index contributed by atoms with van der Waals surface area (Å²) in [7, 11) is -1.11. The first-order chi connectivity index (χ1) is 4.71. The minimum absolute atomic E-state index is 1.11. The molecule has 0 atom stereocenters. The highest BCUT2D eigenvalue weighted by Gasteiger charge is 2.32. The first-order valence-electron chi connectivity index (χ1n) is 2.55. The molecule has 0 heterocycles. The normalized spacial score (nSPS) is 13.6. The van der Waals surface area contributed by atoms with E-state index < -0.39 is 34.0 Å². The van der Waals surface area contributed by atoms with Gasteiger partial charge in [-0.2, -0.15) is 26.3 Å². The third kappa shape index (κ3) is 9.80. The summed E-state index contributed by atoms with van der Waals surface area (Å²) in [4.78, 5) is 0. The lowest BCUT2D eigenvalue weighted by Crippen LogP contribution is -2.16. The second-order valence-corrected chi connectivity index (χ2v) is 3.04. The van der Waals surface area contributed by atoms with Gasteiger partial charge in [-0.25, -0.2) is 0 Å². The Labute approximate surface area is 61.4 Å². The Morgan fingerprint density at radius 1 is 0.727 bits per heavy atom.